The Hall–Kier alpha value is -4.90. The van der Waals surface area contributed by atoms with Crippen LogP contribution in [0, 0.1) is 0 Å². The van der Waals surface area contributed by atoms with Crippen LogP contribution < -0.4 is 15.4 Å². The molecule has 0 spiro atoms. The van der Waals surface area contributed by atoms with Crippen molar-refractivity contribution in [3.8, 4) is 11.5 Å². The van der Waals surface area contributed by atoms with Gasteiger partial charge in [-0.15, -0.1) is 0 Å². The zero-order chi connectivity index (χ0) is 31.0. The van der Waals surface area contributed by atoms with Crippen molar-refractivity contribution in [1.29, 1.82) is 0 Å². The molecule has 43 heavy (non-hydrogen) atoms. The second-order valence-electron chi connectivity index (χ2n) is 12.5. The Morgan fingerprint density at radius 3 is 1.14 bits per heavy atom. The molecule has 0 aliphatic carbocycles. The molecule has 5 nitrogen and oxygen atoms in total. The van der Waals surface area contributed by atoms with Crippen LogP contribution in [0.2, 0.25) is 0 Å². The molecule has 0 radical (unpaired) electrons. The predicted molar refractivity (Wildman–Crippen MR) is 179 cm³/mol. The van der Waals surface area contributed by atoms with Gasteiger partial charge >= 0.3 is 0 Å². The molecule has 2 amide bonds. The van der Waals surface area contributed by atoms with Gasteiger partial charge < -0.3 is 15.4 Å². The minimum atomic E-state index is -0.209. The molecule has 0 aromatic heterocycles. The highest BCUT2D eigenvalue weighted by atomic mass is 16.5. The van der Waals surface area contributed by atoms with Crippen molar-refractivity contribution < 1.29 is 14.3 Å². The monoisotopic (exact) mass is 572 g/mol. The molecule has 0 saturated carbocycles. The number of anilines is 2. The molecule has 0 heterocycles. The van der Waals surface area contributed by atoms with Crippen molar-refractivity contribution in [2.75, 3.05) is 10.6 Å². The lowest BCUT2D eigenvalue weighted by molar-refractivity contribution is -0.112. The lowest BCUT2D eigenvalue weighted by Gasteiger charge is -2.18. The van der Waals surface area contributed by atoms with E-state index in [-0.39, 0.29) is 22.6 Å². The lowest BCUT2D eigenvalue weighted by atomic mass is 9.87. The van der Waals surface area contributed by atoms with Crippen LogP contribution in [0.15, 0.2) is 109 Å². The lowest BCUT2D eigenvalue weighted by Crippen LogP contribution is -2.10. The summed E-state index contributed by atoms with van der Waals surface area (Å²) in [7, 11) is 0. The van der Waals surface area contributed by atoms with E-state index in [1.807, 2.05) is 24.3 Å². The predicted octanol–water partition coefficient (Wildman–Crippen LogP) is 9.38. The molecule has 0 saturated heterocycles. The molecule has 0 bridgehead atoms. The highest BCUT2D eigenvalue weighted by molar-refractivity contribution is 6.02. The Kier molecular flexibility index (Phi) is 9.66. The highest BCUT2D eigenvalue weighted by Gasteiger charge is 2.13. The van der Waals surface area contributed by atoms with Gasteiger partial charge in [0.25, 0.3) is 0 Å². The number of carbonyl (C=O) groups is 2. The first-order valence-corrected chi connectivity index (χ1v) is 14.4. The van der Waals surface area contributed by atoms with Crippen molar-refractivity contribution in [2.45, 2.75) is 52.4 Å². The number of carbonyl (C=O) groups excluding carboxylic acids is 2. The molecule has 0 fully saturated rings. The number of benzene rings is 4. The average molecular weight is 573 g/mol. The van der Waals surface area contributed by atoms with Crippen LogP contribution in [0.5, 0.6) is 11.5 Å². The summed E-state index contributed by atoms with van der Waals surface area (Å²) in [6, 6.07) is 30.7. The van der Waals surface area contributed by atoms with E-state index < -0.39 is 0 Å². The Balaban J connectivity index is 1.25. The highest BCUT2D eigenvalue weighted by Crippen LogP contribution is 2.26. The normalized spacial score (nSPS) is 12.0. The maximum absolute atomic E-state index is 12.4. The molecule has 0 aliphatic heterocycles. The maximum Gasteiger partial charge on any atom is 0.248 e. The second kappa shape index (κ2) is 13.4. The van der Waals surface area contributed by atoms with Gasteiger partial charge in [0.1, 0.15) is 11.5 Å². The fourth-order valence-electron chi connectivity index (χ4n) is 4.25. The average Bonchev–Trinajstić information content (AvgIpc) is 2.96. The maximum atomic E-state index is 12.4. The van der Waals surface area contributed by atoms with Crippen LogP contribution in [-0.2, 0) is 20.4 Å². The van der Waals surface area contributed by atoms with E-state index in [1.165, 1.54) is 23.3 Å². The summed E-state index contributed by atoms with van der Waals surface area (Å²) in [6.45, 7) is 13.0. The number of hydrogen-bond acceptors (Lipinski definition) is 3. The molecule has 5 heteroatoms. The quantitative estimate of drug-likeness (QED) is 0.207. The van der Waals surface area contributed by atoms with Crippen LogP contribution >= 0.6 is 0 Å². The summed E-state index contributed by atoms with van der Waals surface area (Å²) >= 11 is 0. The molecule has 0 atom stereocenters. The van der Waals surface area contributed by atoms with E-state index in [0.717, 1.165) is 11.1 Å². The zero-order valence-electron chi connectivity index (χ0n) is 25.8. The van der Waals surface area contributed by atoms with E-state index in [0.29, 0.717) is 22.9 Å². The van der Waals surface area contributed by atoms with E-state index in [9.17, 15) is 9.59 Å². The van der Waals surface area contributed by atoms with E-state index in [2.05, 4.69) is 76.4 Å². The van der Waals surface area contributed by atoms with Crippen LogP contribution in [0.25, 0.3) is 12.2 Å². The standard InChI is InChI=1S/C38H40N2O3/c1-37(2,3)29-13-7-27(8-14-29)11-25-35(41)39-31-17-21-33(22-18-31)43-34-23-19-32(20-24-34)40-36(42)26-12-28-9-15-30(16-10-28)38(4,5)6/h7-26H,1-6H3,(H,39,41)(H,40,42)/b25-11+,26-12+. The number of hydrogen-bond donors (Lipinski definition) is 2. The van der Waals surface area contributed by atoms with Gasteiger partial charge in [0.05, 0.1) is 0 Å². The Bertz CT molecular complexity index is 1460. The van der Waals surface area contributed by atoms with Gasteiger partial charge in [-0.1, -0.05) is 90.1 Å². The molecular weight excluding hydrogens is 532 g/mol. The first-order valence-electron chi connectivity index (χ1n) is 14.4. The molecule has 220 valence electrons. The van der Waals surface area contributed by atoms with Crippen LogP contribution in [0.1, 0.15) is 63.8 Å². The van der Waals surface area contributed by atoms with Gasteiger partial charge in [0.15, 0.2) is 0 Å². The summed E-state index contributed by atoms with van der Waals surface area (Å²) in [5.41, 5.74) is 5.96. The van der Waals surface area contributed by atoms with Crippen LogP contribution in [-0.4, -0.2) is 11.8 Å². The number of rotatable bonds is 8. The molecule has 0 unspecified atom stereocenters. The molecule has 0 aliphatic rings. The summed E-state index contributed by atoms with van der Waals surface area (Å²) in [5, 5.41) is 5.73. The minimum Gasteiger partial charge on any atom is -0.457 e. The van der Waals surface area contributed by atoms with Crippen molar-refractivity contribution in [2.24, 2.45) is 0 Å². The smallest absolute Gasteiger partial charge is 0.248 e. The molecule has 2 N–H and O–H groups in total. The first-order chi connectivity index (χ1) is 20.3. The van der Waals surface area contributed by atoms with Crippen LogP contribution in [0.4, 0.5) is 11.4 Å². The molecule has 4 aromatic rings. The Labute approximate surface area is 255 Å². The van der Waals surface area contributed by atoms with Gasteiger partial charge in [-0.05, 0) is 93.8 Å². The molecule has 4 rings (SSSR count). The summed E-state index contributed by atoms with van der Waals surface area (Å²) in [6.07, 6.45) is 6.65. The third kappa shape index (κ3) is 9.57. The fourth-order valence-corrected chi connectivity index (χ4v) is 4.25. The van der Waals surface area contributed by atoms with Crippen molar-refractivity contribution >= 4 is 35.3 Å². The molecule has 4 aromatic carbocycles. The Morgan fingerprint density at radius 1 is 0.512 bits per heavy atom. The van der Waals surface area contributed by atoms with Gasteiger partial charge in [-0.25, -0.2) is 0 Å². The number of ether oxygens (including phenoxy) is 1. The van der Waals surface area contributed by atoms with Crippen LogP contribution in [0.3, 0.4) is 0 Å². The first kappa shape index (κ1) is 31.0. The van der Waals surface area contributed by atoms with E-state index >= 15 is 0 Å². The largest absolute Gasteiger partial charge is 0.457 e. The number of amides is 2. The van der Waals surface area contributed by atoms with Crippen molar-refractivity contribution in [3.05, 3.63) is 131 Å². The fraction of sp³-hybridized carbons (Fsp3) is 0.211. The minimum absolute atomic E-state index is 0.0920. The third-order valence-electron chi connectivity index (χ3n) is 6.89. The topological polar surface area (TPSA) is 67.4 Å². The second-order valence-corrected chi connectivity index (χ2v) is 12.5. The van der Waals surface area contributed by atoms with Gasteiger partial charge in [0.2, 0.25) is 11.8 Å². The van der Waals surface area contributed by atoms with Gasteiger partial charge in [-0.2, -0.15) is 0 Å². The summed E-state index contributed by atoms with van der Waals surface area (Å²) < 4.78 is 5.92. The number of nitrogens with one attached hydrogen (secondary N) is 2. The zero-order valence-corrected chi connectivity index (χ0v) is 25.8. The third-order valence-corrected chi connectivity index (χ3v) is 6.89. The van der Waals surface area contributed by atoms with Gasteiger partial charge in [-0.3, -0.25) is 9.59 Å². The van der Waals surface area contributed by atoms with Crippen molar-refractivity contribution in [1.82, 2.24) is 0 Å². The van der Waals surface area contributed by atoms with Gasteiger partial charge in [0, 0.05) is 23.5 Å². The summed E-state index contributed by atoms with van der Waals surface area (Å²) in [4.78, 5) is 24.8. The van der Waals surface area contributed by atoms with Crippen molar-refractivity contribution in [3.63, 3.8) is 0 Å². The van der Waals surface area contributed by atoms with E-state index in [4.69, 9.17) is 4.74 Å². The summed E-state index contributed by atoms with van der Waals surface area (Å²) in [5.74, 6) is 0.841. The van der Waals surface area contributed by atoms with E-state index in [1.54, 1.807) is 60.7 Å². The SMILES string of the molecule is CC(C)(C)c1ccc(/C=C/C(=O)Nc2ccc(Oc3ccc(NC(=O)/C=C/c4ccc(C(C)(C)C)cc4)cc3)cc2)cc1. The molecular formula is C38H40N2O3. The Morgan fingerprint density at radius 2 is 0.837 bits per heavy atom.